The third-order valence-electron chi connectivity index (χ3n) is 3.29. The summed E-state index contributed by atoms with van der Waals surface area (Å²) < 4.78 is 1.87. The lowest BCUT2D eigenvalue weighted by Gasteiger charge is -2.16. The van der Waals surface area contributed by atoms with Gasteiger partial charge in [-0.25, -0.2) is 0 Å². The van der Waals surface area contributed by atoms with Crippen LogP contribution in [0, 0.1) is 0 Å². The van der Waals surface area contributed by atoms with Gasteiger partial charge in [-0.2, -0.15) is 5.10 Å². The summed E-state index contributed by atoms with van der Waals surface area (Å²) in [6.07, 6.45) is 8.08. The molecule has 1 saturated carbocycles. The molecule has 2 aliphatic rings. The van der Waals surface area contributed by atoms with E-state index in [1.165, 1.54) is 24.9 Å². The maximum absolute atomic E-state index is 4.21. The molecule has 1 aliphatic heterocycles. The molecule has 3 rings (SSSR count). The molecule has 2 fully saturated rings. The van der Waals surface area contributed by atoms with Crippen molar-refractivity contribution in [2.75, 3.05) is 18.0 Å². The number of nitrogens with one attached hydrogen (secondary N) is 1. The van der Waals surface area contributed by atoms with Crippen molar-refractivity contribution in [3.8, 4) is 0 Å². The highest BCUT2D eigenvalue weighted by molar-refractivity contribution is 5.43. The first-order chi connectivity index (χ1) is 7.31. The van der Waals surface area contributed by atoms with E-state index in [1.807, 2.05) is 17.9 Å². The zero-order valence-corrected chi connectivity index (χ0v) is 9.19. The molecule has 1 atom stereocenters. The van der Waals surface area contributed by atoms with Crippen molar-refractivity contribution < 1.29 is 0 Å². The molecule has 1 unspecified atom stereocenters. The lowest BCUT2D eigenvalue weighted by atomic mass is 10.2. The Kier molecular flexibility index (Phi) is 2.16. The zero-order chi connectivity index (χ0) is 10.3. The molecule has 4 nitrogen and oxygen atoms in total. The minimum atomic E-state index is 0.692. The van der Waals surface area contributed by atoms with Gasteiger partial charge in [-0.05, 0) is 19.3 Å². The van der Waals surface area contributed by atoms with Crippen molar-refractivity contribution >= 4 is 5.69 Å². The molecule has 1 N–H and O–H groups in total. The smallest absolute Gasteiger partial charge is 0.0752 e. The first kappa shape index (κ1) is 9.21. The molecule has 0 bridgehead atoms. The molecule has 1 aromatic rings. The third kappa shape index (κ3) is 2.00. The van der Waals surface area contributed by atoms with Crippen LogP contribution in [0.1, 0.15) is 19.3 Å². The van der Waals surface area contributed by atoms with E-state index in [0.717, 1.165) is 19.1 Å². The molecule has 82 valence electrons. The van der Waals surface area contributed by atoms with E-state index in [1.54, 1.807) is 0 Å². The van der Waals surface area contributed by atoms with Gasteiger partial charge in [0.25, 0.3) is 0 Å². The summed E-state index contributed by atoms with van der Waals surface area (Å²) in [6.45, 7) is 2.30. The standard InChI is InChI=1S/C11H18N4/c1-14-8-11(6-12-14)15-5-4-10(7-15)13-9-2-3-9/h6,8-10,13H,2-5,7H2,1H3. The van der Waals surface area contributed by atoms with Crippen LogP contribution in [-0.4, -0.2) is 35.0 Å². The van der Waals surface area contributed by atoms with Crippen LogP contribution in [0.15, 0.2) is 12.4 Å². The number of nitrogens with zero attached hydrogens (tertiary/aromatic N) is 3. The normalized spacial score (nSPS) is 26.2. The topological polar surface area (TPSA) is 33.1 Å². The van der Waals surface area contributed by atoms with Gasteiger partial charge in [-0.15, -0.1) is 0 Å². The molecule has 0 aromatic carbocycles. The number of hydrogen-bond donors (Lipinski definition) is 1. The van der Waals surface area contributed by atoms with Crippen LogP contribution in [0.2, 0.25) is 0 Å². The minimum absolute atomic E-state index is 0.692. The summed E-state index contributed by atoms with van der Waals surface area (Å²) >= 11 is 0. The highest BCUT2D eigenvalue weighted by atomic mass is 15.3. The highest BCUT2D eigenvalue weighted by Crippen LogP contribution is 2.24. The lowest BCUT2D eigenvalue weighted by Crippen LogP contribution is -2.33. The van der Waals surface area contributed by atoms with Crippen molar-refractivity contribution in [1.29, 1.82) is 0 Å². The molecule has 0 amide bonds. The SMILES string of the molecule is Cn1cc(N2CCC(NC3CC3)C2)cn1. The van der Waals surface area contributed by atoms with Crippen LogP contribution in [0.5, 0.6) is 0 Å². The molecule has 2 heterocycles. The Morgan fingerprint density at radius 2 is 2.20 bits per heavy atom. The van der Waals surface area contributed by atoms with Crippen LogP contribution in [0.3, 0.4) is 0 Å². The van der Waals surface area contributed by atoms with Crippen molar-refractivity contribution in [3.63, 3.8) is 0 Å². The number of aromatic nitrogens is 2. The highest BCUT2D eigenvalue weighted by Gasteiger charge is 2.29. The van der Waals surface area contributed by atoms with Gasteiger partial charge in [0.15, 0.2) is 0 Å². The first-order valence-corrected chi connectivity index (χ1v) is 5.81. The Morgan fingerprint density at radius 3 is 2.87 bits per heavy atom. The molecule has 4 heteroatoms. The molecule has 1 saturated heterocycles. The lowest BCUT2D eigenvalue weighted by molar-refractivity contribution is 0.548. The van der Waals surface area contributed by atoms with Gasteiger partial charge in [0, 0.05) is 38.4 Å². The second-order valence-corrected chi connectivity index (χ2v) is 4.74. The Balaban J connectivity index is 1.60. The van der Waals surface area contributed by atoms with Crippen LogP contribution in [-0.2, 0) is 7.05 Å². The average Bonchev–Trinajstić information content (AvgIpc) is 2.74. The monoisotopic (exact) mass is 206 g/mol. The van der Waals surface area contributed by atoms with Crippen LogP contribution in [0.4, 0.5) is 5.69 Å². The second-order valence-electron chi connectivity index (χ2n) is 4.74. The first-order valence-electron chi connectivity index (χ1n) is 5.81. The largest absolute Gasteiger partial charge is 0.367 e. The maximum atomic E-state index is 4.21. The Bertz CT molecular complexity index is 342. The summed E-state index contributed by atoms with van der Waals surface area (Å²) in [6, 6.07) is 1.52. The molecular weight excluding hydrogens is 188 g/mol. The zero-order valence-electron chi connectivity index (χ0n) is 9.19. The minimum Gasteiger partial charge on any atom is -0.367 e. The van der Waals surface area contributed by atoms with E-state index >= 15 is 0 Å². The van der Waals surface area contributed by atoms with E-state index in [-0.39, 0.29) is 0 Å². The molecule has 0 radical (unpaired) electrons. The van der Waals surface area contributed by atoms with Crippen molar-refractivity contribution in [3.05, 3.63) is 12.4 Å². The Labute approximate surface area is 90.3 Å². The Morgan fingerprint density at radius 1 is 1.33 bits per heavy atom. The van der Waals surface area contributed by atoms with Crippen LogP contribution >= 0.6 is 0 Å². The number of rotatable bonds is 3. The summed E-state index contributed by atoms with van der Waals surface area (Å²) in [4.78, 5) is 2.42. The fourth-order valence-electron chi connectivity index (χ4n) is 2.29. The van der Waals surface area contributed by atoms with Gasteiger partial charge in [-0.3, -0.25) is 4.68 Å². The van der Waals surface area contributed by atoms with E-state index in [9.17, 15) is 0 Å². The van der Waals surface area contributed by atoms with Gasteiger partial charge in [0.1, 0.15) is 0 Å². The number of aryl methyl sites for hydroxylation is 1. The molecular formula is C11H18N4. The van der Waals surface area contributed by atoms with Gasteiger partial charge in [0.2, 0.25) is 0 Å². The summed E-state index contributed by atoms with van der Waals surface area (Å²) in [7, 11) is 1.97. The third-order valence-corrected chi connectivity index (χ3v) is 3.29. The Hall–Kier alpha value is -1.03. The van der Waals surface area contributed by atoms with E-state index in [0.29, 0.717) is 6.04 Å². The second kappa shape index (κ2) is 3.52. The molecule has 0 spiro atoms. The molecule has 15 heavy (non-hydrogen) atoms. The van der Waals surface area contributed by atoms with Gasteiger partial charge >= 0.3 is 0 Å². The van der Waals surface area contributed by atoms with E-state index < -0.39 is 0 Å². The van der Waals surface area contributed by atoms with Crippen LogP contribution < -0.4 is 10.2 Å². The molecule has 1 aromatic heterocycles. The fraction of sp³-hybridized carbons (Fsp3) is 0.727. The van der Waals surface area contributed by atoms with Crippen LogP contribution in [0.25, 0.3) is 0 Å². The summed E-state index contributed by atoms with van der Waals surface area (Å²) in [5, 5.41) is 7.90. The summed E-state index contributed by atoms with van der Waals surface area (Å²) in [5.41, 5.74) is 1.26. The predicted molar refractivity (Wildman–Crippen MR) is 60.0 cm³/mol. The van der Waals surface area contributed by atoms with Gasteiger partial charge in [-0.1, -0.05) is 0 Å². The quantitative estimate of drug-likeness (QED) is 0.792. The van der Waals surface area contributed by atoms with Gasteiger partial charge in [0.05, 0.1) is 11.9 Å². The maximum Gasteiger partial charge on any atom is 0.0752 e. The number of hydrogen-bond acceptors (Lipinski definition) is 3. The molecule has 1 aliphatic carbocycles. The van der Waals surface area contributed by atoms with E-state index in [4.69, 9.17) is 0 Å². The van der Waals surface area contributed by atoms with Gasteiger partial charge < -0.3 is 10.2 Å². The fourth-order valence-corrected chi connectivity index (χ4v) is 2.29. The summed E-state index contributed by atoms with van der Waals surface area (Å²) in [5.74, 6) is 0. The average molecular weight is 206 g/mol. The van der Waals surface area contributed by atoms with E-state index in [2.05, 4.69) is 21.5 Å². The van der Waals surface area contributed by atoms with Crippen molar-refractivity contribution in [1.82, 2.24) is 15.1 Å². The number of anilines is 1. The predicted octanol–water partition coefficient (Wildman–Crippen LogP) is 0.751. The van der Waals surface area contributed by atoms with Crippen molar-refractivity contribution in [2.24, 2.45) is 7.05 Å². The van der Waals surface area contributed by atoms with Crippen molar-refractivity contribution in [2.45, 2.75) is 31.3 Å².